The third kappa shape index (κ3) is 2.62. The van der Waals surface area contributed by atoms with Gasteiger partial charge in [-0.3, -0.25) is 0 Å². The summed E-state index contributed by atoms with van der Waals surface area (Å²) in [7, 11) is 0. The van der Waals surface area contributed by atoms with Crippen molar-refractivity contribution in [3.63, 3.8) is 0 Å². The van der Waals surface area contributed by atoms with Crippen molar-refractivity contribution >= 4 is 5.69 Å². The number of aryl methyl sites for hydroxylation is 1. The van der Waals surface area contributed by atoms with E-state index < -0.39 is 0 Å². The molecule has 0 bridgehead atoms. The molecule has 14 heavy (non-hydrogen) atoms. The van der Waals surface area contributed by atoms with Gasteiger partial charge in [0.15, 0.2) is 0 Å². The molecule has 0 fully saturated rings. The quantitative estimate of drug-likeness (QED) is 0.804. The van der Waals surface area contributed by atoms with Crippen molar-refractivity contribution in [2.24, 2.45) is 0 Å². The summed E-state index contributed by atoms with van der Waals surface area (Å²) >= 11 is 0. The van der Waals surface area contributed by atoms with Gasteiger partial charge in [-0.2, -0.15) is 0 Å². The zero-order valence-corrected chi connectivity index (χ0v) is 9.29. The Morgan fingerprint density at radius 2 is 2.14 bits per heavy atom. The molecule has 0 saturated carbocycles. The maximum Gasteiger partial charge on any atom is 0.216 e. The highest BCUT2D eigenvalue weighted by Crippen LogP contribution is 2.23. The largest absolute Gasteiger partial charge is 0.471 e. The minimum Gasteiger partial charge on any atom is -0.471 e. The van der Waals surface area contributed by atoms with Crippen LogP contribution < -0.4 is 10.5 Å². The number of hydrogen-bond acceptors (Lipinski definition) is 3. The highest BCUT2D eigenvalue weighted by molar-refractivity contribution is 5.41. The van der Waals surface area contributed by atoms with Gasteiger partial charge in [0, 0.05) is 5.56 Å². The van der Waals surface area contributed by atoms with Gasteiger partial charge in [-0.05, 0) is 33.3 Å². The number of nitrogens with zero attached hydrogens (tertiary/aromatic N) is 1. The fourth-order valence-electron chi connectivity index (χ4n) is 1.02. The molecule has 1 aromatic heterocycles. The monoisotopic (exact) mass is 194 g/mol. The van der Waals surface area contributed by atoms with E-state index >= 15 is 0 Å². The van der Waals surface area contributed by atoms with Crippen LogP contribution in [0, 0.1) is 6.92 Å². The number of anilines is 1. The Hall–Kier alpha value is -1.25. The number of aromatic nitrogens is 1. The fourth-order valence-corrected chi connectivity index (χ4v) is 1.02. The van der Waals surface area contributed by atoms with Gasteiger partial charge in [-0.25, -0.2) is 4.98 Å². The lowest BCUT2D eigenvalue weighted by molar-refractivity contribution is 0.0980. The Kier molecular flexibility index (Phi) is 2.99. The zero-order valence-electron chi connectivity index (χ0n) is 9.29. The van der Waals surface area contributed by atoms with Crippen LogP contribution in [0.3, 0.4) is 0 Å². The summed E-state index contributed by atoms with van der Waals surface area (Å²) in [5.41, 5.74) is 7.08. The van der Waals surface area contributed by atoms with Crippen LogP contribution in [-0.4, -0.2) is 10.6 Å². The van der Waals surface area contributed by atoms with Crippen LogP contribution >= 0.6 is 0 Å². The summed E-state index contributed by atoms with van der Waals surface area (Å²) in [5, 5.41) is 0. The Morgan fingerprint density at radius 1 is 1.50 bits per heavy atom. The number of nitrogen functional groups attached to an aromatic ring is 1. The number of hydrogen-bond donors (Lipinski definition) is 1. The molecule has 0 spiro atoms. The first-order chi connectivity index (χ1) is 6.44. The van der Waals surface area contributed by atoms with E-state index in [-0.39, 0.29) is 5.60 Å². The SMILES string of the molecule is CCC(C)(C)Oc1ncc(N)cc1C. The maximum atomic E-state index is 5.77. The molecule has 0 radical (unpaired) electrons. The molecular formula is C11H18N2O. The van der Waals surface area contributed by atoms with Crippen molar-refractivity contribution in [2.45, 2.75) is 39.7 Å². The van der Waals surface area contributed by atoms with E-state index in [1.54, 1.807) is 6.20 Å². The van der Waals surface area contributed by atoms with Crippen molar-refractivity contribution < 1.29 is 4.74 Å². The third-order valence-corrected chi connectivity index (χ3v) is 2.28. The van der Waals surface area contributed by atoms with Gasteiger partial charge in [-0.15, -0.1) is 0 Å². The number of nitrogens with two attached hydrogens (primary N) is 1. The van der Waals surface area contributed by atoms with Gasteiger partial charge in [0.2, 0.25) is 5.88 Å². The summed E-state index contributed by atoms with van der Waals surface area (Å²) in [4.78, 5) is 4.16. The molecule has 0 atom stereocenters. The van der Waals surface area contributed by atoms with Crippen LogP contribution in [0.4, 0.5) is 5.69 Å². The first kappa shape index (κ1) is 10.8. The molecule has 2 N–H and O–H groups in total. The first-order valence-corrected chi connectivity index (χ1v) is 4.86. The lowest BCUT2D eigenvalue weighted by atomic mass is 10.1. The lowest BCUT2D eigenvalue weighted by Gasteiger charge is -2.24. The molecule has 0 aliphatic heterocycles. The van der Waals surface area contributed by atoms with Crippen molar-refractivity contribution in [1.82, 2.24) is 4.98 Å². The summed E-state index contributed by atoms with van der Waals surface area (Å²) < 4.78 is 5.77. The molecule has 0 amide bonds. The number of rotatable bonds is 3. The Labute approximate surface area is 85.3 Å². The lowest BCUT2D eigenvalue weighted by Crippen LogP contribution is -2.27. The molecule has 78 valence electrons. The van der Waals surface area contributed by atoms with Crippen LogP contribution in [0.2, 0.25) is 0 Å². The van der Waals surface area contributed by atoms with E-state index in [2.05, 4.69) is 11.9 Å². The molecule has 0 aliphatic carbocycles. The van der Waals surface area contributed by atoms with E-state index in [0.717, 1.165) is 12.0 Å². The van der Waals surface area contributed by atoms with Gasteiger partial charge < -0.3 is 10.5 Å². The summed E-state index contributed by atoms with van der Waals surface area (Å²) in [5.74, 6) is 0.672. The van der Waals surface area contributed by atoms with Crippen LogP contribution in [0.5, 0.6) is 5.88 Å². The number of pyridine rings is 1. The van der Waals surface area contributed by atoms with Gasteiger partial charge in [0.05, 0.1) is 11.9 Å². The molecule has 1 aromatic rings. The molecule has 0 saturated heterocycles. The number of ether oxygens (including phenoxy) is 1. The standard InChI is InChI=1S/C11H18N2O/c1-5-11(3,4)14-10-8(2)6-9(12)7-13-10/h6-7H,5,12H2,1-4H3. The van der Waals surface area contributed by atoms with E-state index in [0.29, 0.717) is 11.6 Å². The van der Waals surface area contributed by atoms with E-state index in [1.807, 2.05) is 26.8 Å². The van der Waals surface area contributed by atoms with Gasteiger partial charge >= 0.3 is 0 Å². The second-order valence-corrected chi connectivity index (χ2v) is 4.11. The minimum atomic E-state index is -0.173. The Balaban J connectivity index is 2.87. The molecule has 1 rings (SSSR count). The normalized spacial score (nSPS) is 11.4. The first-order valence-electron chi connectivity index (χ1n) is 4.86. The van der Waals surface area contributed by atoms with E-state index in [4.69, 9.17) is 10.5 Å². The summed E-state index contributed by atoms with van der Waals surface area (Å²) in [6.07, 6.45) is 2.56. The molecular weight excluding hydrogens is 176 g/mol. The Morgan fingerprint density at radius 3 is 2.64 bits per heavy atom. The molecule has 3 nitrogen and oxygen atoms in total. The predicted molar refractivity (Wildman–Crippen MR) is 58.4 cm³/mol. The minimum absolute atomic E-state index is 0.173. The zero-order chi connectivity index (χ0) is 10.8. The summed E-state index contributed by atoms with van der Waals surface area (Å²) in [6, 6.07) is 1.87. The van der Waals surface area contributed by atoms with E-state index in [1.165, 1.54) is 0 Å². The van der Waals surface area contributed by atoms with Crippen molar-refractivity contribution in [1.29, 1.82) is 0 Å². The second-order valence-electron chi connectivity index (χ2n) is 4.11. The maximum absolute atomic E-state index is 5.77. The second kappa shape index (κ2) is 3.86. The van der Waals surface area contributed by atoms with Crippen LogP contribution in [-0.2, 0) is 0 Å². The highest BCUT2D eigenvalue weighted by atomic mass is 16.5. The smallest absolute Gasteiger partial charge is 0.216 e. The van der Waals surface area contributed by atoms with Gasteiger partial charge in [-0.1, -0.05) is 6.92 Å². The Bertz CT molecular complexity index is 321. The highest BCUT2D eigenvalue weighted by Gasteiger charge is 2.18. The molecule has 3 heteroatoms. The fraction of sp³-hybridized carbons (Fsp3) is 0.545. The predicted octanol–water partition coefficient (Wildman–Crippen LogP) is 2.54. The van der Waals surface area contributed by atoms with Crippen LogP contribution in [0.1, 0.15) is 32.8 Å². The average Bonchev–Trinajstić information content (AvgIpc) is 2.10. The molecule has 0 unspecified atom stereocenters. The van der Waals surface area contributed by atoms with Crippen molar-refractivity contribution in [3.05, 3.63) is 17.8 Å². The molecule has 0 aliphatic rings. The van der Waals surface area contributed by atoms with Gasteiger partial charge in [0.1, 0.15) is 5.60 Å². The van der Waals surface area contributed by atoms with Crippen LogP contribution in [0.25, 0.3) is 0 Å². The molecule has 0 aromatic carbocycles. The average molecular weight is 194 g/mol. The van der Waals surface area contributed by atoms with E-state index in [9.17, 15) is 0 Å². The van der Waals surface area contributed by atoms with Crippen molar-refractivity contribution in [2.75, 3.05) is 5.73 Å². The third-order valence-electron chi connectivity index (χ3n) is 2.28. The molecule has 1 heterocycles. The van der Waals surface area contributed by atoms with Crippen molar-refractivity contribution in [3.8, 4) is 5.88 Å². The van der Waals surface area contributed by atoms with Gasteiger partial charge in [0.25, 0.3) is 0 Å². The van der Waals surface area contributed by atoms with Crippen LogP contribution in [0.15, 0.2) is 12.3 Å². The summed E-state index contributed by atoms with van der Waals surface area (Å²) in [6.45, 7) is 8.13. The topological polar surface area (TPSA) is 48.1 Å².